The lowest BCUT2D eigenvalue weighted by Gasteiger charge is -2.28. The summed E-state index contributed by atoms with van der Waals surface area (Å²) in [6.07, 6.45) is 5.25. The Morgan fingerprint density at radius 3 is 2.91 bits per heavy atom. The van der Waals surface area contributed by atoms with Gasteiger partial charge in [0, 0.05) is 44.4 Å². The second-order valence-electron chi connectivity index (χ2n) is 5.66. The number of benzene rings is 1. The molecule has 1 aliphatic rings. The second kappa shape index (κ2) is 6.32. The van der Waals surface area contributed by atoms with Gasteiger partial charge in [0.05, 0.1) is 19.9 Å². The molecule has 0 aliphatic carbocycles. The summed E-state index contributed by atoms with van der Waals surface area (Å²) in [5.74, 6) is 2.33. The van der Waals surface area contributed by atoms with E-state index in [1.807, 2.05) is 18.3 Å². The van der Waals surface area contributed by atoms with Crippen LogP contribution in [0.4, 0.5) is 5.69 Å². The first-order valence-corrected chi connectivity index (χ1v) is 7.63. The fourth-order valence-electron chi connectivity index (χ4n) is 3.02. The SMILES string of the molecule is COc1ccc(N(C)C(=O)C2CCn3ccnc3C2)c(OC)c1. The molecule has 1 amide bonds. The van der Waals surface area contributed by atoms with Crippen molar-refractivity contribution in [2.24, 2.45) is 5.92 Å². The highest BCUT2D eigenvalue weighted by Gasteiger charge is 2.29. The Morgan fingerprint density at radius 1 is 1.35 bits per heavy atom. The molecular weight excluding hydrogens is 294 g/mol. The van der Waals surface area contributed by atoms with Gasteiger partial charge in [0.1, 0.15) is 17.3 Å². The number of carbonyl (C=O) groups is 1. The van der Waals surface area contributed by atoms with Crippen LogP contribution in [0.25, 0.3) is 0 Å². The van der Waals surface area contributed by atoms with Gasteiger partial charge in [-0.25, -0.2) is 4.98 Å². The molecule has 3 rings (SSSR count). The molecule has 23 heavy (non-hydrogen) atoms. The maximum absolute atomic E-state index is 12.9. The van der Waals surface area contributed by atoms with E-state index < -0.39 is 0 Å². The zero-order chi connectivity index (χ0) is 16.4. The highest BCUT2D eigenvalue weighted by atomic mass is 16.5. The third kappa shape index (κ3) is 2.88. The first-order valence-electron chi connectivity index (χ1n) is 7.63. The number of methoxy groups -OCH3 is 2. The fraction of sp³-hybridized carbons (Fsp3) is 0.412. The normalized spacial score (nSPS) is 16.6. The van der Waals surface area contributed by atoms with E-state index in [9.17, 15) is 4.79 Å². The molecule has 0 bridgehead atoms. The van der Waals surface area contributed by atoms with Gasteiger partial charge in [0.2, 0.25) is 5.91 Å². The maximum atomic E-state index is 12.9. The van der Waals surface area contributed by atoms with Gasteiger partial charge in [-0.15, -0.1) is 0 Å². The van der Waals surface area contributed by atoms with E-state index in [0.29, 0.717) is 17.9 Å². The summed E-state index contributed by atoms with van der Waals surface area (Å²) in [5.41, 5.74) is 0.743. The van der Waals surface area contributed by atoms with Crippen molar-refractivity contribution >= 4 is 11.6 Å². The Balaban J connectivity index is 1.80. The Kier molecular flexibility index (Phi) is 4.23. The van der Waals surface area contributed by atoms with E-state index in [-0.39, 0.29) is 11.8 Å². The van der Waals surface area contributed by atoms with Crippen molar-refractivity contribution in [3.05, 3.63) is 36.4 Å². The van der Waals surface area contributed by atoms with Crippen LogP contribution in [-0.4, -0.2) is 36.7 Å². The Hall–Kier alpha value is -2.50. The van der Waals surface area contributed by atoms with Crippen molar-refractivity contribution in [1.82, 2.24) is 9.55 Å². The number of aryl methyl sites for hydroxylation is 1. The van der Waals surface area contributed by atoms with Crippen molar-refractivity contribution in [3.63, 3.8) is 0 Å². The smallest absolute Gasteiger partial charge is 0.230 e. The number of hydrogen-bond donors (Lipinski definition) is 0. The molecule has 6 heteroatoms. The van der Waals surface area contributed by atoms with Gasteiger partial charge in [-0.05, 0) is 18.6 Å². The van der Waals surface area contributed by atoms with Crippen LogP contribution in [0, 0.1) is 5.92 Å². The lowest BCUT2D eigenvalue weighted by Crippen LogP contribution is -2.37. The summed E-state index contributed by atoms with van der Waals surface area (Å²) in [5, 5.41) is 0. The van der Waals surface area contributed by atoms with Crippen LogP contribution in [0.1, 0.15) is 12.2 Å². The van der Waals surface area contributed by atoms with Crippen LogP contribution >= 0.6 is 0 Å². The first kappa shape index (κ1) is 15.4. The van der Waals surface area contributed by atoms with Gasteiger partial charge in [0.15, 0.2) is 0 Å². The average Bonchev–Trinajstić information content (AvgIpc) is 3.07. The second-order valence-corrected chi connectivity index (χ2v) is 5.66. The summed E-state index contributed by atoms with van der Waals surface area (Å²) < 4.78 is 12.7. The van der Waals surface area contributed by atoms with Crippen LogP contribution in [0.2, 0.25) is 0 Å². The molecule has 0 spiro atoms. The van der Waals surface area contributed by atoms with Crippen LogP contribution in [0.5, 0.6) is 11.5 Å². The van der Waals surface area contributed by atoms with Gasteiger partial charge < -0.3 is 18.9 Å². The summed E-state index contributed by atoms with van der Waals surface area (Å²) in [4.78, 5) is 18.9. The maximum Gasteiger partial charge on any atom is 0.230 e. The van der Waals surface area contributed by atoms with Crippen molar-refractivity contribution in [3.8, 4) is 11.5 Å². The number of hydrogen-bond acceptors (Lipinski definition) is 4. The van der Waals surface area contributed by atoms with E-state index in [4.69, 9.17) is 9.47 Å². The van der Waals surface area contributed by atoms with E-state index in [1.54, 1.807) is 38.4 Å². The lowest BCUT2D eigenvalue weighted by molar-refractivity contribution is -0.122. The molecule has 0 N–H and O–H groups in total. The summed E-state index contributed by atoms with van der Waals surface area (Å²) >= 11 is 0. The van der Waals surface area contributed by atoms with Crippen LogP contribution in [0.15, 0.2) is 30.6 Å². The van der Waals surface area contributed by atoms with E-state index >= 15 is 0 Å². The van der Waals surface area contributed by atoms with Crippen molar-refractivity contribution in [2.45, 2.75) is 19.4 Å². The van der Waals surface area contributed by atoms with Crippen molar-refractivity contribution in [1.29, 1.82) is 0 Å². The molecule has 0 fully saturated rings. The highest BCUT2D eigenvalue weighted by Crippen LogP contribution is 2.33. The van der Waals surface area contributed by atoms with Crippen molar-refractivity contribution < 1.29 is 14.3 Å². The number of rotatable bonds is 4. The molecule has 6 nitrogen and oxygen atoms in total. The van der Waals surface area contributed by atoms with Crippen LogP contribution in [0.3, 0.4) is 0 Å². The third-order valence-corrected chi connectivity index (χ3v) is 4.38. The minimum atomic E-state index is -0.0540. The molecule has 1 unspecified atom stereocenters. The van der Waals surface area contributed by atoms with Gasteiger partial charge in [-0.1, -0.05) is 0 Å². The number of nitrogens with zero attached hydrogens (tertiary/aromatic N) is 3. The molecule has 122 valence electrons. The number of anilines is 1. The number of carbonyl (C=O) groups excluding carboxylic acids is 1. The third-order valence-electron chi connectivity index (χ3n) is 4.38. The number of aromatic nitrogens is 2. The molecule has 1 aliphatic heterocycles. The summed E-state index contributed by atoms with van der Waals surface area (Å²) in [7, 11) is 4.98. The average molecular weight is 315 g/mol. The summed E-state index contributed by atoms with van der Waals surface area (Å²) in [6, 6.07) is 5.46. The van der Waals surface area contributed by atoms with E-state index in [0.717, 1.165) is 24.5 Å². The molecule has 0 saturated carbocycles. The Bertz CT molecular complexity index is 711. The standard InChI is InChI=1S/C17H21N3O3/c1-19(14-5-4-13(22-2)11-15(14)23-3)17(21)12-6-8-20-9-7-18-16(20)10-12/h4-5,7,9,11-12H,6,8,10H2,1-3H3. The molecule has 0 saturated heterocycles. The Morgan fingerprint density at radius 2 is 2.17 bits per heavy atom. The molecule has 2 aromatic rings. The monoisotopic (exact) mass is 315 g/mol. The quantitative estimate of drug-likeness (QED) is 0.867. The fourth-order valence-corrected chi connectivity index (χ4v) is 3.02. The van der Waals surface area contributed by atoms with Crippen molar-refractivity contribution in [2.75, 3.05) is 26.2 Å². The van der Waals surface area contributed by atoms with Crippen LogP contribution < -0.4 is 14.4 Å². The zero-order valence-corrected chi connectivity index (χ0v) is 13.7. The topological polar surface area (TPSA) is 56.6 Å². The molecular formula is C17H21N3O3. The summed E-state index contributed by atoms with van der Waals surface area (Å²) in [6.45, 7) is 0.833. The molecule has 2 heterocycles. The highest BCUT2D eigenvalue weighted by molar-refractivity contribution is 5.96. The zero-order valence-electron chi connectivity index (χ0n) is 13.7. The largest absolute Gasteiger partial charge is 0.497 e. The van der Waals surface area contributed by atoms with Gasteiger partial charge >= 0.3 is 0 Å². The first-order chi connectivity index (χ1) is 11.1. The number of fused-ring (bicyclic) bond motifs is 1. The number of imidazole rings is 1. The van der Waals surface area contributed by atoms with Gasteiger partial charge in [-0.3, -0.25) is 4.79 Å². The lowest BCUT2D eigenvalue weighted by atomic mass is 9.96. The Labute approximate surface area is 135 Å². The molecule has 1 aromatic heterocycles. The molecule has 0 radical (unpaired) electrons. The predicted molar refractivity (Wildman–Crippen MR) is 87.0 cm³/mol. The number of amides is 1. The van der Waals surface area contributed by atoms with Gasteiger partial charge in [-0.2, -0.15) is 0 Å². The number of ether oxygens (including phenoxy) is 2. The van der Waals surface area contributed by atoms with E-state index in [2.05, 4.69) is 9.55 Å². The minimum absolute atomic E-state index is 0.0540. The molecule has 1 atom stereocenters. The molecule has 1 aromatic carbocycles. The van der Waals surface area contributed by atoms with Gasteiger partial charge in [0.25, 0.3) is 0 Å². The minimum Gasteiger partial charge on any atom is -0.497 e. The predicted octanol–water partition coefficient (Wildman–Crippen LogP) is 2.13. The van der Waals surface area contributed by atoms with Crippen LogP contribution in [-0.2, 0) is 17.8 Å². The van der Waals surface area contributed by atoms with E-state index in [1.165, 1.54) is 0 Å².